The Balaban J connectivity index is 0.956. The molecule has 5 aliphatic carbocycles. The molecule has 0 unspecified atom stereocenters. The fraction of sp³-hybridized carbons (Fsp3) is 0.945. The van der Waals surface area contributed by atoms with E-state index < -0.39 is 170 Å². The Morgan fingerprint density at radius 1 is 0.590 bits per heavy atom. The van der Waals surface area contributed by atoms with Gasteiger partial charge in [0.25, 0.3) is 0 Å². The molecule has 30 atom stereocenters. The predicted octanol–water partition coefficient (Wildman–Crippen LogP) is -1.38. The Labute approximate surface area is 455 Å². The zero-order valence-corrected chi connectivity index (χ0v) is 46.4. The number of aliphatic hydroxyl groups excluding tert-OH is 13. The third kappa shape index (κ3) is 9.87. The lowest BCUT2D eigenvalue weighted by atomic mass is 9.33. The van der Waals surface area contributed by atoms with Crippen LogP contribution in [0.15, 0.2) is 11.6 Å². The highest BCUT2D eigenvalue weighted by atomic mass is 16.8. The Kier molecular flexibility index (Phi) is 17.3. The normalized spacial score (nSPS) is 55.1. The topological polar surface area (TPSA) is 363 Å². The van der Waals surface area contributed by atoms with Gasteiger partial charge in [-0.25, -0.2) is 4.79 Å². The summed E-state index contributed by atoms with van der Waals surface area (Å²) in [7, 11) is 1.10. The van der Waals surface area contributed by atoms with E-state index in [4.69, 9.17) is 42.6 Å². The summed E-state index contributed by atoms with van der Waals surface area (Å²) in [5, 5.41) is 141. The van der Waals surface area contributed by atoms with Gasteiger partial charge in [0, 0.05) is 5.41 Å². The van der Waals surface area contributed by atoms with Crippen molar-refractivity contribution in [3.63, 3.8) is 0 Å². The molecular formula is C55H90O23. The second-order valence-corrected chi connectivity index (χ2v) is 26.6. The summed E-state index contributed by atoms with van der Waals surface area (Å²) in [5.74, 6) is -0.706. The number of allylic oxidation sites excluding steroid dienone is 2. The van der Waals surface area contributed by atoms with Crippen LogP contribution in [0.4, 0.5) is 0 Å². The fourth-order valence-electron chi connectivity index (χ4n) is 16.7. The van der Waals surface area contributed by atoms with E-state index in [1.165, 1.54) is 12.5 Å². The number of rotatable bonds is 12. The van der Waals surface area contributed by atoms with Gasteiger partial charge in [0.1, 0.15) is 85.5 Å². The SMILES string of the molecule is COC(=O)[C@H]1O[C@@H](O[C@H]2CC[C@]3(C)[C@H]4CC=C5[C@@H]6C[C@@](C)(CO[C@@H]7O[C@H](CO)[C@@H](O)[C@H](O)[C@H]7O)C[C@@H](O)[C@]6(C)CC[C@@]5(C)[C@]4(C)CC[C@H]3C2(C)C)[C@H](O[C@@H]2O[C@H](CO)[C@H](O)[C@H](O)[C@H]2O[C@@H]2O[C@@H](C)[C@H](O)[C@@H](O)[C@H]2O)[C@@H](O)[C@@H]1O. The van der Waals surface area contributed by atoms with Crippen molar-refractivity contribution in [2.45, 2.75) is 248 Å². The number of methoxy groups -OCH3 is 1. The second-order valence-electron chi connectivity index (χ2n) is 26.6. The number of carbonyl (C=O) groups excluding carboxylic acids is 1. The minimum absolute atomic E-state index is 0.00198. The summed E-state index contributed by atoms with van der Waals surface area (Å²) < 4.78 is 53.8. The lowest BCUT2D eigenvalue weighted by Gasteiger charge is -2.72. The standard InChI is InChI=1S/C55H90O23/c1-23-32(59)35(62)41(68)47(72-23)77-43-37(64)34(61)27(21-57)74-48(43)78-44-39(66)38(65)42(45(69)70-9)76-49(44)75-31-13-14-53(6)28(50(31,2)3)12-15-55(8)29(53)11-10-24-25-18-51(4,19-30(58)52(25,5)16-17-54(24,55)7)22-71-46-40(67)36(63)33(60)26(20-56)73-46/h10,23,25-44,46-49,56-68H,11-22H2,1-9H3/t23-,25-,26+,27+,28-,29+,30+,31-,32-,33+,34-,35+,36-,37-,38-,39-,40+,41+,42-,43+,44+,46+,47-,48-,49+,51+,52+,53-,54+,55+/m0/s1. The highest BCUT2D eigenvalue weighted by molar-refractivity contribution is 5.75. The van der Waals surface area contributed by atoms with Gasteiger partial charge in [0.05, 0.1) is 45.2 Å². The maximum atomic E-state index is 13.1. The molecule has 78 heavy (non-hydrogen) atoms. The highest BCUT2D eigenvalue weighted by Crippen LogP contribution is 2.76. The van der Waals surface area contributed by atoms with Crippen LogP contribution in [0.3, 0.4) is 0 Å². The molecule has 4 saturated carbocycles. The van der Waals surface area contributed by atoms with Crippen molar-refractivity contribution >= 4 is 5.97 Å². The van der Waals surface area contributed by atoms with Crippen molar-refractivity contribution in [3.05, 3.63) is 11.6 Å². The van der Waals surface area contributed by atoms with Crippen molar-refractivity contribution in [2.24, 2.45) is 50.2 Å². The molecule has 0 bridgehead atoms. The van der Waals surface area contributed by atoms with Gasteiger partial charge in [-0.05, 0) is 110 Å². The largest absolute Gasteiger partial charge is 0.467 e. The smallest absolute Gasteiger partial charge is 0.337 e. The molecule has 448 valence electrons. The number of fused-ring (bicyclic) bond motifs is 7. The molecule has 0 aromatic rings. The summed E-state index contributed by atoms with van der Waals surface area (Å²) in [6, 6.07) is 0. The molecular weight excluding hydrogens is 1030 g/mol. The molecule has 23 nitrogen and oxygen atoms in total. The molecule has 13 N–H and O–H groups in total. The van der Waals surface area contributed by atoms with Crippen LogP contribution in [0.25, 0.3) is 0 Å². The zero-order chi connectivity index (χ0) is 57.1. The monoisotopic (exact) mass is 1120 g/mol. The van der Waals surface area contributed by atoms with Gasteiger partial charge in [-0.3, -0.25) is 0 Å². The molecule has 0 aromatic heterocycles. The zero-order valence-electron chi connectivity index (χ0n) is 46.4. The summed E-state index contributed by atoms with van der Waals surface area (Å²) in [6.07, 6.45) is -24.8. The van der Waals surface area contributed by atoms with Gasteiger partial charge < -0.3 is 109 Å². The van der Waals surface area contributed by atoms with E-state index in [-0.39, 0.29) is 40.6 Å². The number of carbonyl (C=O) groups is 1. The minimum Gasteiger partial charge on any atom is -0.467 e. The summed E-state index contributed by atoms with van der Waals surface area (Å²) in [4.78, 5) is 13.1. The molecule has 8 fully saturated rings. The average Bonchev–Trinajstić information content (AvgIpc) is 3.58. The van der Waals surface area contributed by atoms with E-state index in [0.717, 1.165) is 45.6 Å². The quantitative estimate of drug-likeness (QED) is 0.0608. The molecule has 0 spiro atoms. The number of hydrogen-bond acceptors (Lipinski definition) is 23. The molecule has 9 rings (SSSR count). The van der Waals surface area contributed by atoms with Crippen molar-refractivity contribution in [2.75, 3.05) is 26.9 Å². The summed E-state index contributed by atoms with van der Waals surface area (Å²) >= 11 is 0. The lowest BCUT2D eigenvalue weighted by molar-refractivity contribution is -0.395. The van der Waals surface area contributed by atoms with Crippen LogP contribution in [-0.2, 0) is 47.4 Å². The van der Waals surface area contributed by atoms with Crippen LogP contribution in [0.1, 0.15) is 113 Å². The molecule has 0 aromatic carbocycles. The molecule has 0 amide bonds. The molecule has 23 heteroatoms. The van der Waals surface area contributed by atoms with Crippen molar-refractivity contribution in [1.82, 2.24) is 0 Å². The summed E-state index contributed by atoms with van der Waals surface area (Å²) in [6.45, 7) is 15.9. The predicted molar refractivity (Wildman–Crippen MR) is 268 cm³/mol. The van der Waals surface area contributed by atoms with Crippen LogP contribution in [0.5, 0.6) is 0 Å². The molecule has 0 radical (unpaired) electrons. The highest BCUT2D eigenvalue weighted by Gasteiger charge is 2.70. The third-order valence-corrected chi connectivity index (χ3v) is 21.9. The van der Waals surface area contributed by atoms with Gasteiger partial charge in [0.2, 0.25) is 0 Å². The van der Waals surface area contributed by atoms with Crippen LogP contribution in [0, 0.1) is 50.2 Å². The Morgan fingerprint density at radius 2 is 1.17 bits per heavy atom. The van der Waals surface area contributed by atoms with Crippen LogP contribution >= 0.6 is 0 Å². The maximum Gasteiger partial charge on any atom is 0.337 e. The fourth-order valence-corrected chi connectivity index (χ4v) is 16.7. The Hall–Kier alpha value is -1.63. The third-order valence-electron chi connectivity index (χ3n) is 21.9. The summed E-state index contributed by atoms with van der Waals surface area (Å²) in [5.41, 5.74) is -0.855. The first-order valence-electron chi connectivity index (χ1n) is 28.2. The van der Waals surface area contributed by atoms with Crippen LogP contribution in [0.2, 0.25) is 0 Å². The van der Waals surface area contributed by atoms with E-state index >= 15 is 0 Å². The molecule has 9 aliphatic rings. The van der Waals surface area contributed by atoms with E-state index in [2.05, 4.69) is 54.5 Å². The van der Waals surface area contributed by atoms with E-state index in [0.29, 0.717) is 19.3 Å². The molecule has 4 heterocycles. The second kappa shape index (κ2) is 22.1. The van der Waals surface area contributed by atoms with Gasteiger partial charge in [-0.15, -0.1) is 0 Å². The first kappa shape index (κ1) is 60.9. The Morgan fingerprint density at radius 3 is 1.81 bits per heavy atom. The Bertz CT molecular complexity index is 2150. The first-order chi connectivity index (χ1) is 36.5. The van der Waals surface area contributed by atoms with Crippen LogP contribution < -0.4 is 0 Å². The van der Waals surface area contributed by atoms with Gasteiger partial charge in [-0.1, -0.05) is 60.1 Å². The van der Waals surface area contributed by atoms with Crippen molar-refractivity contribution < 1.29 is 114 Å². The van der Waals surface area contributed by atoms with Crippen molar-refractivity contribution in [1.29, 1.82) is 0 Å². The van der Waals surface area contributed by atoms with Gasteiger partial charge in [0.15, 0.2) is 31.3 Å². The van der Waals surface area contributed by atoms with Gasteiger partial charge in [-0.2, -0.15) is 0 Å². The maximum absolute atomic E-state index is 13.1. The molecule has 4 aliphatic heterocycles. The van der Waals surface area contributed by atoms with E-state index in [1.54, 1.807) is 0 Å². The van der Waals surface area contributed by atoms with Gasteiger partial charge >= 0.3 is 5.97 Å². The number of aliphatic hydroxyl groups is 13. The van der Waals surface area contributed by atoms with E-state index in [1.807, 2.05) is 0 Å². The molecule has 4 saturated heterocycles. The first-order valence-corrected chi connectivity index (χ1v) is 28.2. The van der Waals surface area contributed by atoms with Crippen LogP contribution in [-0.4, -0.2) is 234 Å². The number of hydrogen-bond donors (Lipinski definition) is 13. The number of ether oxygens (including phenoxy) is 9. The van der Waals surface area contributed by atoms with Crippen molar-refractivity contribution in [3.8, 4) is 0 Å². The average molecular weight is 1120 g/mol. The minimum atomic E-state index is -1.94. The van der Waals surface area contributed by atoms with E-state index in [9.17, 15) is 71.2 Å². The lowest BCUT2D eigenvalue weighted by Crippen LogP contribution is -2.68. The number of esters is 1.